The molecule has 0 spiro atoms. The second kappa shape index (κ2) is 9.14. The lowest BCUT2D eigenvalue weighted by molar-refractivity contribution is -0.123. The average molecular weight is 385 g/mol. The summed E-state index contributed by atoms with van der Waals surface area (Å²) in [4.78, 5) is 35.9. The summed E-state index contributed by atoms with van der Waals surface area (Å²) in [6.45, 7) is -0.365. The monoisotopic (exact) mass is 384 g/mol. The van der Waals surface area contributed by atoms with Gasteiger partial charge in [0.2, 0.25) is 0 Å². The van der Waals surface area contributed by atoms with Gasteiger partial charge in [0.25, 0.3) is 5.91 Å². The number of carbonyl (C=O) groups excluding carboxylic acids is 3. The highest BCUT2D eigenvalue weighted by atomic mass is 35.5. The van der Waals surface area contributed by atoms with Crippen molar-refractivity contribution in [1.82, 2.24) is 10.6 Å². The normalized spacial score (nSPS) is 10.2. The van der Waals surface area contributed by atoms with Crippen LogP contribution in [-0.2, 0) is 16.0 Å². The van der Waals surface area contributed by atoms with E-state index in [0.717, 1.165) is 17.0 Å². The maximum Gasteiger partial charge on any atom is 0.341 e. The van der Waals surface area contributed by atoms with Gasteiger partial charge in [0.1, 0.15) is 5.82 Å². The van der Waals surface area contributed by atoms with Crippen LogP contribution >= 0.6 is 22.9 Å². The van der Waals surface area contributed by atoms with Crippen LogP contribution in [0.2, 0.25) is 5.02 Å². The van der Waals surface area contributed by atoms with Crippen LogP contribution in [0.3, 0.4) is 0 Å². The van der Waals surface area contributed by atoms with Crippen LogP contribution in [0.4, 0.5) is 9.18 Å². The highest BCUT2D eigenvalue weighted by Crippen LogP contribution is 2.15. The Morgan fingerprint density at radius 1 is 1.24 bits per heavy atom. The zero-order chi connectivity index (χ0) is 18.2. The van der Waals surface area contributed by atoms with Crippen molar-refractivity contribution < 1.29 is 23.5 Å². The lowest BCUT2D eigenvalue weighted by Crippen LogP contribution is -2.42. The van der Waals surface area contributed by atoms with Gasteiger partial charge < -0.3 is 10.1 Å². The highest BCUT2D eigenvalue weighted by Gasteiger charge is 2.16. The predicted molar refractivity (Wildman–Crippen MR) is 91.3 cm³/mol. The summed E-state index contributed by atoms with van der Waals surface area (Å²) in [7, 11) is 0. The van der Waals surface area contributed by atoms with Gasteiger partial charge in [-0.15, -0.1) is 11.3 Å². The molecule has 0 aliphatic carbocycles. The van der Waals surface area contributed by atoms with Gasteiger partial charge in [-0.3, -0.25) is 10.1 Å². The van der Waals surface area contributed by atoms with Crippen LogP contribution in [0, 0.1) is 5.82 Å². The molecule has 0 radical (unpaired) electrons. The number of carbonyl (C=O) groups is 3. The first kappa shape index (κ1) is 18.9. The van der Waals surface area contributed by atoms with E-state index in [1.165, 1.54) is 6.07 Å². The van der Waals surface area contributed by atoms with E-state index >= 15 is 0 Å². The van der Waals surface area contributed by atoms with Crippen molar-refractivity contribution in [2.75, 3.05) is 13.2 Å². The zero-order valence-electron chi connectivity index (χ0n) is 12.9. The molecule has 0 fully saturated rings. The topological polar surface area (TPSA) is 84.5 Å². The molecule has 0 bridgehead atoms. The van der Waals surface area contributed by atoms with Crippen LogP contribution in [-0.4, -0.2) is 31.1 Å². The van der Waals surface area contributed by atoms with E-state index in [4.69, 9.17) is 11.6 Å². The Kier molecular flexibility index (Phi) is 6.91. The molecule has 0 aliphatic rings. The Bertz CT molecular complexity index is 768. The van der Waals surface area contributed by atoms with Gasteiger partial charge in [-0.25, -0.2) is 14.0 Å². The summed E-state index contributed by atoms with van der Waals surface area (Å²) in [6.07, 6.45) is 0.641. The molecule has 0 atom stereocenters. The van der Waals surface area contributed by atoms with Gasteiger partial charge in [0, 0.05) is 16.4 Å². The molecule has 25 heavy (non-hydrogen) atoms. The number of urea groups is 1. The summed E-state index contributed by atoms with van der Waals surface area (Å²) < 4.78 is 18.1. The fourth-order valence-electron chi connectivity index (χ4n) is 1.82. The Hall–Kier alpha value is -2.45. The van der Waals surface area contributed by atoms with Gasteiger partial charge in [-0.2, -0.15) is 0 Å². The SMILES string of the molecule is O=C(COC(=O)c1cc(Cl)ccc1F)NC(=O)NCCc1cccs1. The number of rotatable bonds is 6. The number of benzene rings is 1. The fourth-order valence-corrected chi connectivity index (χ4v) is 2.70. The fraction of sp³-hybridized carbons (Fsp3) is 0.188. The van der Waals surface area contributed by atoms with Gasteiger partial charge in [0.15, 0.2) is 6.61 Å². The van der Waals surface area contributed by atoms with Gasteiger partial charge in [-0.05, 0) is 36.1 Å². The number of hydrogen-bond donors (Lipinski definition) is 2. The van der Waals surface area contributed by atoms with E-state index in [1.807, 2.05) is 22.8 Å². The zero-order valence-corrected chi connectivity index (χ0v) is 14.5. The molecule has 2 N–H and O–H groups in total. The molecule has 2 rings (SSSR count). The van der Waals surface area contributed by atoms with Crippen LogP contribution in [0.5, 0.6) is 0 Å². The predicted octanol–water partition coefficient (Wildman–Crippen LogP) is 2.77. The molecule has 1 heterocycles. The third-order valence-corrected chi connectivity index (χ3v) is 4.14. The van der Waals surface area contributed by atoms with Crippen molar-refractivity contribution in [2.24, 2.45) is 0 Å². The van der Waals surface area contributed by atoms with Crippen molar-refractivity contribution in [1.29, 1.82) is 0 Å². The van der Waals surface area contributed by atoms with Crippen molar-refractivity contribution >= 4 is 40.8 Å². The van der Waals surface area contributed by atoms with Crippen LogP contribution in [0.25, 0.3) is 0 Å². The number of esters is 1. The van der Waals surface area contributed by atoms with Crippen LogP contribution in [0.1, 0.15) is 15.2 Å². The number of thiophene rings is 1. The van der Waals surface area contributed by atoms with Crippen molar-refractivity contribution in [3.63, 3.8) is 0 Å². The standard InChI is InChI=1S/C16H14ClFN2O4S/c17-10-3-4-13(18)12(8-10)15(22)24-9-14(21)20-16(23)19-6-5-11-2-1-7-25-11/h1-4,7-8H,5-6,9H2,(H2,19,20,21,23). The van der Waals surface area contributed by atoms with E-state index in [9.17, 15) is 18.8 Å². The lowest BCUT2D eigenvalue weighted by Gasteiger charge is -2.07. The second-order valence-electron chi connectivity index (χ2n) is 4.83. The quantitative estimate of drug-likeness (QED) is 0.750. The first-order valence-corrected chi connectivity index (χ1v) is 8.43. The first-order valence-electron chi connectivity index (χ1n) is 7.18. The Morgan fingerprint density at radius 3 is 2.76 bits per heavy atom. The average Bonchev–Trinajstić information content (AvgIpc) is 3.08. The number of amides is 3. The largest absolute Gasteiger partial charge is 0.452 e. The Labute approximate surface area is 151 Å². The van der Waals surface area contributed by atoms with Crippen LogP contribution in [0.15, 0.2) is 35.7 Å². The number of hydrogen-bond acceptors (Lipinski definition) is 5. The first-order chi connectivity index (χ1) is 12.0. The van der Waals surface area contributed by atoms with E-state index in [1.54, 1.807) is 11.3 Å². The van der Waals surface area contributed by atoms with E-state index < -0.39 is 30.3 Å². The van der Waals surface area contributed by atoms with E-state index in [2.05, 4.69) is 10.1 Å². The van der Waals surface area contributed by atoms with Crippen molar-refractivity contribution in [3.05, 3.63) is 57.0 Å². The molecular weight excluding hydrogens is 371 g/mol. The molecule has 3 amide bonds. The molecule has 132 valence electrons. The highest BCUT2D eigenvalue weighted by molar-refractivity contribution is 7.09. The molecule has 6 nitrogen and oxygen atoms in total. The molecule has 0 aliphatic heterocycles. The lowest BCUT2D eigenvalue weighted by atomic mass is 10.2. The minimum Gasteiger partial charge on any atom is -0.452 e. The summed E-state index contributed by atoms with van der Waals surface area (Å²) >= 11 is 7.24. The maximum absolute atomic E-state index is 13.5. The van der Waals surface area contributed by atoms with Gasteiger partial charge >= 0.3 is 12.0 Å². The Balaban J connectivity index is 1.71. The second-order valence-corrected chi connectivity index (χ2v) is 6.30. The summed E-state index contributed by atoms with van der Waals surface area (Å²) in [5, 5.41) is 6.60. The number of imide groups is 1. The minimum atomic E-state index is -1.05. The Morgan fingerprint density at radius 2 is 2.04 bits per heavy atom. The third-order valence-electron chi connectivity index (χ3n) is 2.97. The summed E-state index contributed by atoms with van der Waals surface area (Å²) in [5.41, 5.74) is -0.388. The molecule has 2 aromatic rings. The molecular formula is C16H14ClFN2O4S. The molecule has 0 saturated heterocycles. The van der Waals surface area contributed by atoms with Crippen molar-refractivity contribution in [2.45, 2.75) is 6.42 Å². The maximum atomic E-state index is 13.5. The minimum absolute atomic E-state index is 0.155. The molecule has 9 heteroatoms. The van der Waals surface area contributed by atoms with Gasteiger partial charge in [0.05, 0.1) is 5.56 Å². The molecule has 0 unspecified atom stereocenters. The van der Waals surface area contributed by atoms with Gasteiger partial charge in [-0.1, -0.05) is 17.7 Å². The molecule has 0 saturated carbocycles. The third kappa shape index (κ3) is 6.17. The summed E-state index contributed by atoms with van der Waals surface area (Å²) in [6, 6.07) is 6.52. The number of ether oxygens (including phenoxy) is 1. The number of halogens is 2. The van der Waals surface area contributed by atoms with Crippen LogP contribution < -0.4 is 10.6 Å². The smallest absolute Gasteiger partial charge is 0.341 e. The van der Waals surface area contributed by atoms with Crippen molar-refractivity contribution in [3.8, 4) is 0 Å². The van der Waals surface area contributed by atoms with E-state index in [-0.39, 0.29) is 10.6 Å². The van der Waals surface area contributed by atoms with E-state index in [0.29, 0.717) is 13.0 Å². The molecule has 1 aromatic carbocycles. The summed E-state index contributed by atoms with van der Waals surface area (Å²) in [5.74, 6) is -2.70. The molecule has 1 aromatic heterocycles. The number of nitrogens with one attached hydrogen (secondary N) is 2.